The fourth-order valence-corrected chi connectivity index (χ4v) is 1.78. The third kappa shape index (κ3) is 4.91. The second-order valence-electron chi connectivity index (χ2n) is 4.64. The first-order valence-corrected chi connectivity index (χ1v) is 6.51. The van der Waals surface area contributed by atoms with E-state index in [1.54, 1.807) is 7.11 Å². The molecule has 0 aromatic heterocycles. The minimum absolute atomic E-state index is 0.0537. The molecule has 106 valence electrons. The highest BCUT2D eigenvalue weighted by atomic mass is 16.5. The molecule has 0 spiro atoms. The van der Waals surface area contributed by atoms with Crippen molar-refractivity contribution in [1.29, 1.82) is 0 Å². The highest BCUT2D eigenvalue weighted by Crippen LogP contribution is 2.25. The lowest BCUT2D eigenvalue weighted by atomic mass is 10.1. The van der Waals surface area contributed by atoms with Gasteiger partial charge in [-0.15, -0.1) is 0 Å². The summed E-state index contributed by atoms with van der Waals surface area (Å²) < 4.78 is 10.5. The molecule has 0 aliphatic heterocycles. The van der Waals surface area contributed by atoms with Gasteiger partial charge in [0.2, 0.25) is 0 Å². The summed E-state index contributed by atoms with van der Waals surface area (Å²) in [5, 5.41) is 2.80. The second-order valence-corrected chi connectivity index (χ2v) is 4.64. The van der Waals surface area contributed by atoms with Gasteiger partial charge in [-0.05, 0) is 43.9 Å². The van der Waals surface area contributed by atoms with Crippen LogP contribution < -0.4 is 10.1 Å². The minimum atomic E-state index is -0.101. The molecule has 0 heterocycles. The standard InChI is InChI=1S/C15H23NO3/c1-11-6-7-12(2)15(13(11)3)19-10-14(17)16-8-5-9-18-4/h6-7H,5,8-10H2,1-4H3,(H,16,17). The number of methoxy groups -OCH3 is 1. The molecule has 0 radical (unpaired) electrons. The van der Waals surface area contributed by atoms with Gasteiger partial charge in [0.05, 0.1) is 0 Å². The Bertz CT molecular complexity index is 430. The quantitative estimate of drug-likeness (QED) is 0.768. The van der Waals surface area contributed by atoms with Gasteiger partial charge in [-0.2, -0.15) is 0 Å². The van der Waals surface area contributed by atoms with Crippen molar-refractivity contribution in [2.75, 3.05) is 26.9 Å². The topological polar surface area (TPSA) is 47.6 Å². The molecule has 1 amide bonds. The third-order valence-electron chi connectivity index (χ3n) is 3.07. The Hall–Kier alpha value is -1.55. The van der Waals surface area contributed by atoms with Gasteiger partial charge < -0.3 is 14.8 Å². The largest absolute Gasteiger partial charge is 0.483 e. The number of nitrogens with one attached hydrogen (secondary N) is 1. The predicted molar refractivity (Wildman–Crippen MR) is 75.7 cm³/mol. The lowest BCUT2D eigenvalue weighted by Gasteiger charge is -2.13. The number of benzene rings is 1. The van der Waals surface area contributed by atoms with E-state index in [0.717, 1.165) is 23.3 Å². The van der Waals surface area contributed by atoms with E-state index in [0.29, 0.717) is 13.2 Å². The number of aryl methyl sites for hydroxylation is 2. The van der Waals surface area contributed by atoms with Crippen LogP contribution in [0.5, 0.6) is 5.75 Å². The predicted octanol–water partition coefficient (Wildman–Crippen LogP) is 2.14. The first kappa shape index (κ1) is 15.5. The normalized spacial score (nSPS) is 10.3. The van der Waals surface area contributed by atoms with Crippen LogP contribution in [0.3, 0.4) is 0 Å². The summed E-state index contributed by atoms with van der Waals surface area (Å²) in [6.07, 6.45) is 0.810. The van der Waals surface area contributed by atoms with Crippen LogP contribution in [0.2, 0.25) is 0 Å². The molecule has 0 saturated heterocycles. The van der Waals surface area contributed by atoms with Gasteiger partial charge in [-0.25, -0.2) is 0 Å². The van der Waals surface area contributed by atoms with Crippen LogP contribution in [-0.4, -0.2) is 32.8 Å². The molecule has 4 nitrogen and oxygen atoms in total. The average Bonchev–Trinajstić information content (AvgIpc) is 2.39. The number of ether oxygens (including phenoxy) is 2. The summed E-state index contributed by atoms with van der Waals surface area (Å²) in [4.78, 5) is 11.6. The molecular formula is C15H23NO3. The lowest BCUT2D eigenvalue weighted by Crippen LogP contribution is -2.30. The fourth-order valence-electron chi connectivity index (χ4n) is 1.78. The van der Waals surface area contributed by atoms with E-state index >= 15 is 0 Å². The van der Waals surface area contributed by atoms with Crippen molar-refractivity contribution in [2.24, 2.45) is 0 Å². The van der Waals surface area contributed by atoms with Crippen LogP contribution in [0.25, 0.3) is 0 Å². The molecule has 0 fully saturated rings. The molecule has 0 aliphatic carbocycles. The summed E-state index contributed by atoms with van der Waals surface area (Å²) in [7, 11) is 1.65. The SMILES string of the molecule is COCCCNC(=O)COc1c(C)ccc(C)c1C. The molecule has 1 N–H and O–H groups in total. The summed E-state index contributed by atoms with van der Waals surface area (Å²) in [6, 6.07) is 4.07. The van der Waals surface area contributed by atoms with Crippen molar-refractivity contribution in [3.8, 4) is 5.75 Å². The van der Waals surface area contributed by atoms with Gasteiger partial charge in [-0.1, -0.05) is 12.1 Å². The van der Waals surface area contributed by atoms with Gasteiger partial charge in [-0.3, -0.25) is 4.79 Å². The number of carbonyl (C=O) groups is 1. The van der Waals surface area contributed by atoms with Crippen molar-refractivity contribution in [3.05, 3.63) is 28.8 Å². The summed E-state index contributed by atoms with van der Waals surface area (Å²) >= 11 is 0. The monoisotopic (exact) mass is 265 g/mol. The molecule has 0 unspecified atom stereocenters. The summed E-state index contributed by atoms with van der Waals surface area (Å²) in [6.45, 7) is 7.34. The van der Waals surface area contributed by atoms with Crippen molar-refractivity contribution in [2.45, 2.75) is 27.2 Å². The zero-order valence-electron chi connectivity index (χ0n) is 12.2. The maximum absolute atomic E-state index is 11.6. The maximum atomic E-state index is 11.6. The van der Waals surface area contributed by atoms with Crippen LogP contribution >= 0.6 is 0 Å². The Balaban J connectivity index is 2.44. The maximum Gasteiger partial charge on any atom is 0.257 e. The van der Waals surface area contributed by atoms with E-state index in [1.165, 1.54) is 5.56 Å². The van der Waals surface area contributed by atoms with E-state index in [-0.39, 0.29) is 12.5 Å². The number of hydrogen-bond donors (Lipinski definition) is 1. The van der Waals surface area contributed by atoms with Gasteiger partial charge >= 0.3 is 0 Å². The average molecular weight is 265 g/mol. The zero-order chi connectivity index (χ0) is 14.3. The van der Waals surface area contributed by atoms with Crippen molar-refractivity contribution in [1.82, 2.24) is 5.32 Å². The minimum Gasteiger partial charge on any atom is -0.483 e. The van der Waals surface area contributed by atoms with Gasteiger partial charge in [0.1, 0.15) is 5.75 Å². The van der Waals surface area contributed by atoms with E-state index < -0.39 is 0 Å². The Morgan fingerprint density at radius 1 is 1.21 bits per heavy atom. The second kappa shape index (κ2) is 7.79. The highest BCUT2D eigenvalue weighted by molar-refractivity contribution is 5.77. The molecule has 0 bridgehead atoms. The van der Waals surface area contributed by atoms with E-state index in [1.807, 2.05) is 26.8 Å². The third-order valence-corrected chi connectivity index (χ3v) is 3.07. The van der Waals surface area contributed by atoms with Crippen LogP contribution in [0.15, 0.2) is 12.1 Å². The molecule has 19 heavy (non-hydrogen) atoms. The van der Waals surface area contributed by atoms with Crippen LogP contribution in [0.1, 0.15) is 23.1 Å². The Kier molecular flexibility index (Phi) is 6.36. The van der Waals surface area contributed by atoms with E-state index in [2.05, 4.69) is 11.4 Å². The molecule has 4 heteroatoms. The Labute approximate surface area is 115 Å². The van der Waals surface area contributed by atoms with Gasteiger partial charge in [0.15, 0.2) is 6.61 Å². The highest BCUT2D eigenvalue weighted by Gasteiger charge is 2.08. The van der Waals surface area contributed by atoms with Crippen LogP contribution in [0.4, 0.5) is 0 Å². The Morgan fingerprint density at radius 2 is 1.89 bits per heavy atom. The van der Waals surface area contributed by atoms with Gasteiger partial charge in [0, 0.05) is 20.3 Å². The molecule has 1 rings (SSSR count). The van der Waals surface area contributed by atoms with Crippen molar-refractivity contribution >= 4 is 5.91 Å². The number of hydrogen-bond acceptors (Lipinski definition) is 3. The van der Waals surface area contributed by atoms with Crippen molar-refractivity contribution in [3.63, 3.8) is 0 Å². The molecule has 0 atom stereocenters. The van der Waals surface area contributed by atoms with Gasteiger partial charge in [0.25, 0.3) is 5.91 Å². The number of amides is 1. The molecule has 0 aliphatic rings. The first-order chi connectivity index (χ1) is 9.06. The Morgan fingerprint density at radius 3 is 2.58 bits per heavy atom. The molecule has 1 aromatic carbocycles. The number of rotatable bonds is 7. The molecular weight excluding hydrogens is 242 g/mol. The van der Waals surface area contributed by atoms with Crippen LogP contribution in [0, 0.1) is 20.8 Å². The summed E-state index contributed by atoms with van der Waals surface area (Å²) in [5.41, 5.74) is 3.31. The first-order valence-electron chi connectivity index (χ1n) is 6.51. The van der Waals surface area contributed by atoms with Crippen LogP contribution in [-0.2, 0) is 9.53 Å². The molecule has 0 saturated carbocycles. The van der Waals surface area contributed by atoms with Crippen molar-refractivity contribution < 1.29 is 14.3 Å². The smallest absolute Gasteiger partial charge is 0.257 e. The van der Waals surface area contributed by atoms with E-state index in [9.17, 15) is 4.79 Å². The number of carbonyl (C=O) groups excluding carboxylic acids is 1. The van der Waals surface area contributed by atoms with E-state index in [4.69, 9.17) is 9.47 Å². The zero-order valence-corrected chi connectivity index (χ0v) is 12.2. The lowest BCUT2D eigenvalue weighted by molar-refractivity contribution is -0.123. The molecule has 1 aromatic rings. The summed E-state index contributed by atoms with van der Waals surface area (Å²) in [5.74, 6) is 0.712. The fraction of sp³-hybridized carbons (Fsp3) is 0.533.